The summed E-state index contributed by atoms with van der Waals surface area (Å²) in [6, 6.07) is 4.95. The van der Waals surface area contributed by atoms with E-state index >= 15 is 0 Å². The molecule has 1 rings (SSSR count). The molecule has 0 bridgehead atoms. The summed E-state index contributed by atoms with van der Waals surface area (Å²) in [6.07, 6.45) is 0. The minimum atomic E-state index is -0.181. The Labute approximate surface area is 93.0 Å². The van der Waals surface area contributed by atoms with Gasteiger partial charge in [-0.25, -0.2) is 4.39 Å². The second kappa shape index (κ2) is 4.78. The lowest BCUT2D eigenvalue weighted by Gasteiger charge is -2.20. The number of rotatable bonds is 3. The minimum Gasteiger partial charge on any atom is -0.377 e. The van der Waals surface area contributed by atoms with Crippen molar-refractivity contribution in [2.24, 2.45) is 0 Å². The van der Waals surface area contributed by atoms with E-state index in [4.69, 9.17) is 0 Å². The van der Waals surface area contributed by atoms with Crippen molar-refractivity contribution in [2.75, 3.05) is 24.3 Å². The van der Waals surface area contributed by atoms with Crippen LogP contribution in [-0.2, 0) is 0 Å². The smallest absolute Gasteiger partial charge is 0.125 e. The first kappa shape index (κ1) is 11.5. The topological polar surface area (TPSA) is 3.24 Å². The van der Waals surface area contributed by atoms with Gasteiger partial charge in [-0.1, -0.05) is 28.9 Å². The zero-order valence-corrected chi connectivity index (χ0v) is 10.3. The molecule has 3 heteroatoms. The maximum absolute atomic E-state index is 13.0. The number of alkyl halides is 1. The molecular weight excluding hydrogens is 245 g/mol. The third-order valence-corrected chi connectivity index (χ3v) is 3.21. The molecule has 1 nitrogen and oxygen atoms in total. The van der Waals surface area contributed by atoms with Crippen LogP contribution in [0.2, 0.25) is 0 Å². The van der Waals surface area contributed by atoms with Gasteiger partial charge in [0.2, 0.25) is 0 Å². The molecule has 1 aromatic rings. The second-order valence-corrected chi connectivity index (χ2v) is 4.30. The Morgan fingerprint density at radius 3 is 2.57 bits per heavy atom. The van der Waals surface area contributed by atoms with Crippen molar-refractivity contribution in [3.8, 4) is 0 Å². The van der Waals surface area contributed by atoms with Gasteiger partial charge in [-0.3, -0.25) is 0 Å². The first-order chi connectivity index (χ1) is 6.56. The van der Waals surface area contributed by atoms with E-state index in [1.807, 2.05) is 25.1 Å². The van der Waals surface area contributed by atoms with Gasteiger partial charge >= 0.3 is 0 Å². The molecule has 1 unspecified atom stereocenters. The van der Waals surface area contributed by atoms with Gasteiger partial charge in [-0.05, 0) is 23.6 Å². The van der Waals surface area contributed by atoms with E-state index in [9.17, 15) is 4.39 Å². The largest absolute Gasteiger partial charge is 0.377 e. The van der Waals surface area contributed by atoms with E-state index < -0.39 is 0 Å². The Kier molecular flexibility index (Phi) is 3.93. The van der Waals surface area contributed by atoms with Crippen molar-refractivity contribution in [2.45, 2.75) is 12.8 Å². The molecule has 0 aromatic heterocycles. The Balaban J connectivity index is 3.14. The summed E-state index contributed by atoms with van der Waals surface area (Å²) in [6.45, 7) is 2.12. The quantitative estimate of drug-likeness (QED) is 0.753. The number of hydrogen-bond donors (Lipinski definition) is 0. The first-order valence-corrected chi connectivity index (χ1v) is 5.71. The van der Waals surface area contributed by atoms with E-state index in [-0.39, 0.29) is 5.82 Å². The van der Waals surface area contributed by atoms with Crippen LogP contribution in [0.25, 0.3) is 0 Å². The van der Waals surface area contributed by atoms with Crippen molar-refractivity contribution >= 4 is 21.6 Å². The van der Waals surface area contributed by atoms with Gasteiger partial charge in [-0.2, -0.15) is 0 Å². The molecule has 0 aliphatic heterocycles. The van der Waals surface area contributed by atoms with Crippen LogP contribution in [-0.4, -0.2) is 19.4 Å². The fraction of sp³-hybridized carbons (Fsp3) is 0.455. The maximum Gasteiger partial charge on any atom is 0.125 e. The van der Waals surface area contributed by atoms with Crippen molar-refractivity contribution in [1.82, 2.24) is 0 Å². The third kappa shape index (κ3) is 2.47. The molecule has 1 atom stereocenters. The standard InChI is InChI=1S/C11H15BrFN/c1-8(7-12)10-5-4-9(13)6-11(10)14(2)3/h4-6,8H,7H2,1-3H3. The number of hydrogen-bond acceptors (Lipinski definition) is 1. The Bertz CT molecular complexity index is 312. The van der Waals surface area contributed by atoms with E-state index in [0.717, 1.165) is 11.0 Å². The Morgan fingerprint density at radius 1 is 1.43 bits per heavy atom. The van der Waals surface area contributed by atoms with Crippen LogP contribution in [0.15, 0.2) is 18.2 Å². The lowest BCUT2D eigenvalue weighted by Crippen LogP contribution is -2.13. The molecule has 0 saturated heterocycles. The summed E-state index contributed by atoms with van der Waals surface area (Å²) in [5.41, 5.74) is 2.13. The molecule has 0 radical (unpaired) electrons. The number of halogens is 2. The number of benzene rings is 1. The fourth-order valence-corrected chi connectivity index (χ4v) is 1.75. The van der Waals surface area contributed by atoms with Gasteiger partial charge in [0, 0.05) is 25.1 Å². The van der Waals surface area contributed by atoms with Crippen LogP contribution < -0.4 is 4.90 Å². The monoisotopic (exact) mass is 259 g/mol. The molecular formula is C11H15BrFN. The zero-order chi connectivity index (χ0) is 10.7. The third-order valence-electron chi connectivity index (χ3n) is 2.24. The highest BCUT2D eigenvalue weighted by Gasteiger charge is 2.11. The van der Waals surface area contributed by atoms with Crippen molar-refractivity contribution in [3.63, 3.8) is 0 Å². The van der Waals surface area contributed by atoms with Crippen molar-refractivity contribution in [3.05, 3.63) is 29.6 Å². The molecule has 78 valence electrons. The fourth-order valence-electron chi connectivity index (χ4n) is 1.40. The lowest BCUT2D eigenvalue weighted by molar-refractivity contribution is 0.626. The molecule has 14 heavy (non-hydrogen) atoms. The summed E-state index contributed by atoms with van der Waals surface area (Å²) in [5.74, 6) is 0.215. The van der Waals surface area contributed by atoms with Crippen LogP contribution in [0.4, 0.5) is 10.1 Å². The molecule has 0 heterocycles. The normalized spacial score (nSPS) is 12.6. The minimum absolute atomic E-state index is 0.181. The lowest BCUT2D eigenvalue weighted by atomic mass is 10.0. The number of nitrogens with zero attached hydrogens (tertiary/aromatic N) is 1. The van der Waals surface area contributed by atoms with Gasteiger partial charge in [0.15, 0.2) is 0 Å². The van der Waals surface area contributed by atoms with Gasteiger partial charge in [-0.15, -0.1) is 0 Å². The predicted molar refractivity (Wildman–Crippen MR) is 62.9 cm³/mol. The molecule has 0 aliphatic rings. The van der Waals surface area contributed by atoms with Gasteiger partial charge in [0.25, 0.3) is 0 Å². The van der Waals surface area contributed by atoms with E-state index in [0.29, 0.717) is 5.92 Å². The summed E-state index contributed by atoms with van der Waals surface area (Å²) in [5, 5.41) is 0.888. The predicted octanol–water partition coefficient (Wildman–Crippen LogP) is 3.39. The molecule has 0 saturated carbocycles. The maximum atomic E-state index is 13.0. The van der Waals surface area contributed by atoms with Crippen LogP contribution in [0.3, 0.4) is 0 Å². The van der Waals surface area contributed by atoms with Crippen molar-refractivity contribution in [1.29, 1.82) is 0 Å². The van der Waals surface area contributed by atoms with Crippen LogP contribution in [0.5, 0.6) is 0 Å². The highest BCUT2D eigenvalue weighted by molar-refractivity contribution is 9.09. The second-order valence-electron chi connectivity index (χ2n) is 3.65. The molecule has 0 amide bonds. The van der Waals surface area contributed by atoms with Crippen LogP contribution in [0.1, 0.15) is 18.4 Å². The first-order valence-electron chi connectivity index (χ1n) is 4.59. The summed E-state index contributed by atoms with van der Waals surface area (Å²) < 4.78 is 13.0. The highest BCUT2D eigenvalue weighted by Crippen LogP contribution is 2.28. The molecule has 0 aliphatic carbocycles. The van der Waals surface area contributed by atoms with Gasteiger partial charge in [0.05, 0.1) is 0 Å². The summed E-state index contributed by atoms with van der Waals surface area (Å²) >= 11 is 3.44. The van der Waals surface area contributed by atoms with Gasteiger partial charge < -0.3 is 4.90 Å². The molecule has 0 N–H and O–H groups in total. The Hall–Kier alpha value is -0.570. The SMILES string of the molecule is CC(CBr)c1ccc(F)cc1N(C)C. The zero-order valence-electron chi connectivity index (χ0n) is 8.72. The summed E-state index contributed by atoms with van der Waals surface area (Å²) in [4.78, 5) is 1.94. The molecule has 1 aromatic carbocycles. The molecule has 0 fully saturated rings. The molecule has 0 spiro atoms. The Morgan fingerprint density at radius 2 is 2.07 bits per heavy atom. The van der Waals surface area contributed by atoms with Gasteiger partial charge in [0.1, 0.15) is 5.82 Å². The van der Waals surface area contributed by atoms with E-state index in [1.54, 1.807) is 6.07 Å². The summed E-state index contributed by atoms with van der Waals surface area (Å²) in [7, 11) is 3.86. The average molecular weight is 260 g/mol. The van der Waals surface area contributed by atoms with E-state index in [1.165, 1.54) is 11.6 Å². The van der Waals surface area contributed by atoms with Crippen molar-refractivity contribution < 1.29 is 4.39 Å². The number of anilines is 1. The van der Waals surface area contributed by atoms with E-state index in [2.05, 4.69) is 22.9 Å². The van der Waals surface area contributed by atoms with Crippen LogP contribution >= 0.6 is 15.9 Å². The average Bonchev–Trinajstić information content (AvgIpc) is 2.16. The highest BCUT2D eigenvalue weighted by atomic mass is 79.9. The van der Waals surface area contributed by atoms with Crippen LogP contribution in [0, 0.1) is 5.82 Å².